The predicted molar refractivity (Wildman–Crippen MR) is 138 cm³/mol. The first-order chi connectivity index (χ1) is 17.0. The number of ketones is 1. The van der Waals surface area contributed by atoms with Crippen LogP contribution in [0.3, 0.4) is 0 Å². The molecule has 0 saturated carbocycles. The molecule has 0 aliphatic carbocycles. The molecule has 6 nitrogen and oxygen atoms in total. The van der Waals surface area contributed by atoms with Gasteiger partial charge in [-0.1, -0.05) is 60.7 Å². The van der Waals surface area contributed by atoms with Crippen molar-refractivity contribution in [3.05, 3.63) is 116 Å². The fourth-order valence-electron chi connectivity index (χ4n) is 4.74. The van der Waals surface area contributed by atoms with Crippen LogP contribution in [0.4, 0.5) is 0 Å². The molecule has 0 fully saturated rings. The molecular formula is C28H25N3O3S. The van der Waals surface area contributed by atoms with Gasteiger partial charge in [-0.3, -0.25) is 18.7 Å². The van der Waals surface area contributed by atoms with Gasteiger partial charge in [0.1, 0.15) is 5.56 Å². The zero-order valence-corrected chi connectivity index (χ0v) is 20.1. The van der Waals surface area contributed by atoms with Crippen LogP contribution >= 0.6 is 12.2 Å². The van der Waals surface area contributed by atoms with Crippen molar-refractivity contribution in [2.24, 2.45) is 0 Å². The van der Waals surface area contributed by atoms with Crippen LogP contribution in [0.1, 0.15) is 39.5 Å². The quantitative estimate of drug-likeness (QED) is 0.314. The molecule has 0 spiro atoms. The topological polar surface area (TPSA) is 76.3 Å². The molecule has 2 N–H and O–H groups in total. The lowest BCUT2D eigenvalue weighted by Gasteiger charge is -2.26. The zero-order chi connectivity index (χ0) is 24.5. The summed E-state index contributed by atoms with van der Waals surface area (Å²) in [4.78, 5) is 27.4. The van der Waals surface area contributed by atoms with E-state index in [1.165, 1.54) is 14.7 Å². The lowest BCUT2D eigenvalue weighted by Crippen LogP contribution is -2.34. The van der Waals surface area contributed by atoms with Gasteiger partial charge in [0.05, 0.1) is 11.4 Å². The Kier molecular flexibility index (Phi) is 6.19. The Morgan fingerprint density at radius 1 is 1.00 bits per heavy atom. The Morgan fingerprint density at radius 2 is 1.69 bits per heavy atom. The highest BCUT2D eigenvalue weighted by Crippen LogP contribution is 2.29. The van der Waals surface area contributed by atoms with Crippen LogP contribution < -0.4 is 10.9 Å². The van der Waals surface area contributed by atoms with Gasteiger partial charge in [-0.05, 0) is 67.0 Å². The van der Waals surface area contributed by atoms with Gasteiger partial charge in [-0.15, -0.1) is 0 Å². The number of para-hydroxylation sites is 2. The third-order valence-corrected chi connectivity index (χ3v) is 6.85. The molecule has 1 aromatic heterocycles. The zero-order valence-electron chi connectivity index (χ0n) is 19.3. The molecule has 1 aliphatic heterocycles. The molecule has 1 aliphatic rings. The van der Waals surface area contributed by atoms with Gasteiger partial charge in [0.2, 0.25) is 5.88 Å². The van der Waals surface area contributed by atoms with E-state index in [-0.39, 0.29) is 22.8 Å². The van der Waals surface area contributed by atoms with Crippen LogP contribution in [0.25, 0.3) is 11.4 Å². The summed E-state index contributed by atoms with van der Waals surface area (Å²) in [7, 11) is 0. The maximum absolute atomic E-state index is 13.7. The normalized spacial score (nSPS) is 14.9. The summed E-state index contributed by atoms with van der Waals surface area (Å²) >= 11 is 5.69. The largest absolute Gasteiger partial charge is 0.493 e. The van der Waals surface area contributed by atoms with E-state index >= 15 is 0 Å². The molecule has 2 heterocycles. The minimum absolute atomic E-state index is 0.0408. The Morgan fingerprint density at radius 3 is 2.46 bits per heavy atom. The molecule has 3 aromatic carbocycles. The van der Waals surface area contributed by atoms with Crippen molar-refractivity contribution in [2.75, 3.05) is 6.54 Å². The number of aryl methyl sites for hydroxylation is 1. The van der Waals surface area contributed by atoms with Gasteiger partial charge in [-0.2, -0.15) is 0 Å². The van der Waals surface area contributed by atoms with Gasteiger partial charge in [0, 0.05) is 12.5 Å². The molecular weight excluding hydrogens is 458 g/mol. The number of carbonyl (C=O) groups excluding carboxylic acids is 1. The summed E-state index contributed by atoms with van der Waals surface area (Å²) in [5.74, 6) is -0.876. The van der Waals surface area contributed by atoms with Crippen molar-refractivity contribution in [1.82, 2.24) is 14.5 Å². The van der Waals surface area contributed by atoms with Crippen molar-refractivity contribution in [3.63, 3.8) is 0 Å². The highest BCUT2D eigenvalue weighted by atomic mass is 32.1. The van der Waals surface area contributed by atoms with Gasteiger partial charge in [-0.25, -0.2) is 0 Å². The van der Waals surface area contributed by atoms with Crippen molar-refractivity contribution < 1.29 is 9.90 Å². The lowest BCUT2D eigenvalue weighted by atomic mass is 9.90. The SMILES string of the molecule is Cc1ccccc1-n1c(O)c(C(=O)C[C@H]2NCCc3ccccc32)c(=O)n(-c2ccccc2)c1=S. The van der Waals surface area contributed by atoms with Gasteiger partial charge < -0.3 is 10.4 Å². The Bertz CT molecular complexity index is 1540. The van der Waals surface area contributed by atoms with Crippen LogP contribution in [0.15, 0.2) is 83.7 Å². The van der Waals surface area contributed by atoms with E-state index in [1.54, 1.807) is 30.3 Å². The Hall–Kier alpha value is -3.81. The second-order valence-electron chi connectivity index (χ2n) is 8.66. The van der Waals surface area contributed by atoms with Crippen LogP contribution in [0.5, 0.6) is 5.88 Å². The van der Waals surface area contributed by atoms with Crippen LogP contribution in [0.2, 0.25) is 0 Å². The molecule has 5 rings (SSSR count). The summed E-state index contributed by atoms with van der Waals surface area (Å²) in [6, 6.07) is 24.1. The number of rotatable bonds is 5. The molecule has 0 unspecified atom stereocenters. The van der Waals surface area contributed by atoms with E-state index in [0.717, 1.165) is 24.1 Å². The molecule has 7 heteroatoms. The molecule has 0 saturated heterocycles. The fourth-order valence-corrected chi connectivity index (χ4v) is 5.11. The van der Waals surface area contributed by atoms with E-state index < -0.39 is 17.2 Å². The maximum Gasteiger partial charge on any atom is 0.273 e. The lowest BCUT2D eigenvalue weighted by molar-refractivity contribution is 0.0961. The second-order valence-corrected chi connectivity index (χ2v) is 9.03. The van der Waals surface area contributed by atoms with E-state index in [0.29, 0.717) is 11.4 Å². The molecule has 1 atom stereocenters. The third kappa shape index (κ3) is 4.13. The Labute approximate surface area is 208 Å². The van der Waals surface area contributed by atoms with Crippen LogP contribution in [0, 0.1) is 11.7 Å². The molecule has 35 heavy (non-hydrogen) atoms. The highest BCUT2D eigenvalue weighted by Gasteiger charge is 2.29. The average molecular weight is 484 g/mol. The third-order valence-electron chi connectivity index (χ3n) is 6.49. The van der Waals surface area contributed by atoms with E-state index in [2.05, 4.69) is 11.4 Å². The summed E-state index contributed by atoms with van der Waals surface area (Å²) in [6.45, 7) is 2.63. The number of Topliss-reactive ketones (excluding diaryl/α,β-unsaturated/α-hetero) is 1. The van der Waals surface area contributed by atoms with Crippen molar-refractivity contribution in [1.29, 1.82) is 0 Å². The smallest absolute Gasteiger partial charge is 0.273 e. The van der Waals surface area contributed by atoms with E-state index in [9.17, 15) is 14.7 Å². The number of nitrogens with zero attached hydrogens (tertiary/aromatic N) is 2. The van der Waals surface area contributed by atoms with Crippen LogP contribution in [-0.2, 0) is 6.42 Å². The maximum atomic E-state index is 13.7. The summed E-state index contributed by atoms with van der Waals surface area (Å²) < 4.78 is 2.82. The van der Waals surface area contributed by atoms with Crippen molar-refractivity contribution >= 4 is 18.0 Å². The first-order valence-corrected chi connectivity index (χ1v) is 11.9. The number of aromatic hydroxyl groups is 1. The number of hydrogen-bond donors (Lipinski definition) is 2. The first-order valence-electron chi connectivity index (χ1n) is 11.5. The number of aromatic nitrogens is 2. The van der Waals surface area contributed by atoms with Crippen LogP contribution in [-0.4, -0.2) is 26.6 Å². The summed E-state index contributed by atoms with van der Waals surface area (Å²) in [5, 5.41) is 14.7. The predicted octanol–water partition coefficient (Wildman–Crippen LogP) is 4.83. The second kappa shape index (κ2) is 9.44. The number of benzene rings is 3. The van der Waals surface area contributed by atoms with Crippen molar-refractivity contribution in [3.8, 4) is 17.3 Å². The average Bonchev–Trinajstić information content (AvgIpc) is 2.86. The van der Waals surface area contributed by atoms with Gasteiger partial charge in [0.15, 0.2) is 10.6 Å². The first kappa shape index (κ1) is 23.0. The number of hydrogen-bond acceptors (Lipinski definition) is 5. The minimum atomic E-state index is -0.627. The monoisotopic (exact) mass is 483 g/mol. The molecule has 4 aromatic rings. The standard InChI is InChI=1S/C28H25N3O3S/c1-18-9-5-8-14-23(18)31-27(34)25(26(33)30(28(31)35)20-11-3-2-4-12-20)24(32)17-22-21-13-7-6-10-19(21)15-16-29-22/h2-14,22,29,34H,15-17H2,1H3/t22-/m1/s1. The van der Waals surface area contributed by atoms with Crippen molar-refractivity contribution in [2.45, 2.75) is 25.8 Å². The number of carbonyl (C=O) groups is 1. The summed E-state index contributed by atoms with van der Waals surface area (Å²) in [5.41, 5.74) is 3.31. The number of nitrogens with one attached hydrogen (secondary N) is 1. The summed E-state index contributed by atoms with van der Waals surface area (Å²) in [6.07, 6.45) is 0.921. The molecule has 176 valence electrons. The minimum Gasteiger partial charge on any atom is -0.493 e. The molecule has 0 radical (unpaired) electrons. The van der Waals surface area contributed by atoms with Gasteiger partial charge in [0.25, 0.3) is 5.56 Å². The Balaban J connectivity index is 1.70. The van der Waals surface area contributed by atoms with Gasteiger partial charge >= 0.3 is 0 Å². The molecule has 0 amide bonds. The fraction of sp³-hybridized carbons (Fsp3) is 0.179. The van der Waals surface area contributed by atoms with E-state index in [4.69, 9.17) is 12.2 Å². The molecule has 0 bridgehead atoms. The highest BCUT2D eigenvalue weighted by molar-refractivity contribution is 7.71. The number of fused-ring (bicyclic) bond motifs is 1. The van der Waals surface area contributed by atoms with E-state index in [1.807, 2.05) is 49.4 Å².